The van der Waals surface area contributed by atoms with E-state index >= 15 is 0 Å². The van der Waals surface area contributed by atoms with Gasteiger partial charge in [0.2, 0.25) is 0 Å². The van der Waals surface area contributed by atoms with Gasteiger partial charge < -0.3 is 0 Å². The van der Waals surface area contributed by atoms with Gasteiger partial charge in [0.05, 0.1) is 28.0 Å². The second-order valence-electron chi connectivity index (χ2n) is 8.69. The maximum absolute atomic E-state index is 13.8. The van der Waals surface area contributed by atoms with Gasteiger partial charge in [0.1, 0.15) is 4.83 Å². The first kappa shape index (κ1) is 24.8. The molecule has 1 aliphatic rings. The molecule has 11 heteroatoms. The van der Waals surface area contributed by atoms with Gasteiger partial charge in [0.25, 0.3) is 17.2 Å². The topological polar surface area (TPSA) is 119 Å². The molecule has 2 aromatic carbocycles. The number of aromatic nitrogens is 2. The molecule has 0 atom stereocenters. The standard InChI is InChI=1S/C26H23N5O4S2/c1-16-6-10-18(11-7-16)30-25(33)23-20-4-2-3-5-21(20)37-24(23)28-26(30)36-15-22(32)29-27-14-17-8-12-19(13-9-17)31(34)35/h6-14H,2-5,15H2,1H3,(H,29,32). The molecular weight excluding hydrogens is 510 g/mol. The van der Waals surface area contributed by atoms with E-state index in [2.05, 4.69) is 10.5 Å². The van der Waals surface area contributed by atoms with Crippen LogP contribution >= 0.6 is 23.1 Å². The van der Waals surface area contributed by atoms with Crippen LogP contribution in [0.3, 0.4) is 0 Å². The van der Waals surface area contributed by atoms with Crippen LogP contribution < -0.4 is 11.0 Å². The fraction of sp³-hybridized carbons (Fsp3) is 0.231. The van der Waals surface area contributed by atoms with Crippen LogP contribution in [0.2, 0.25) is 0 Å². The molecule has 188 valence electrons. The molecule has 1 N–H and O–H groups in total. The fourth-order valence-electron chi connectivity index (χ4n) is 4.23. The van der Waals surface area contributed by atoms with Crippen LogP contribution in [0.15, 0.2) is 63.6 Å². The van der Waals surface area contributed by atoms with Crippen LogP contribution in [0, 0.1) is 17.0 Å². The number of benzene rings is 2. The maximum atomic E-state index is 13.8. The van der Waals surface area contributed by atoms with Gasteiger partial charge in [-0.3, -0.25) is 24.3 Å². The van der Waals surface area contributed by atoms with Gasteiger partial charge in [-0.1, -0.05) is 29.5 Å². The number of amides is 1. The number of hydrazone groups is 1. The van der Waals surface area contributed by atoms with E-state index in [4.69, 9.17) is 4.98 Å². The van der Waals surface area contributed by atoms with Crippen LogP contribution in [-0.4, -0.2) is 32.3 Å². The van der Waals surface area contributed by atoms with E-state index in [-0.39, 0.29) is 22.9 Å². The van der Waals surface area contributed by atoms with Gasteiger partial charge in [-0.2, -0.15) is 5.10 Å². The van der Waals surface area contributed by atoms with Gasteiger partial charge in [0, 0.05) is 17.0 Å². The zero-order valence-corrected chi connectivity index (χ0v) is 21.6. The molecule has 0 aliphatic heterocycles. The third-order valence-electron chi connectivity index (χ3n) is 6.09. The Bertz CT molecular complexity index is 1570. The van der Waals surface area contributed by atoms with Crippen molar-refractivity contribution in [1.29, 1.82) is 0 Å². The second kappa shape index (κ2) is 10.7. The van der Waals surface area contributed by atoms with Crippen molar-refractivity contribution in [3.63, 3.8) is 0 Å². The Morgan fingerprint density at radius 3 is 2.65 bits per heavy atom. The summed E-state index contributed by atoms with van der Waals surface area (Å²) in [6.45, 7) is 1.99. The van der Waals surface area contributed by atoms with Crippen LogP contribution in [0.5, 0.6) is 0 Å². The summed E-state index contributed by atoms with van der Waals surface area (Å²) in [5.74, 6) is -0.356. The van der Waals surface area contributed by atoms with Crippen molar-refractivity contribution in [1.82, 2.24) is 15.0 Å². The number of rotatable bonds is 7. The van der Waals surface area contributed by atoms with E-state index in [1.54, 1.807) is 28.0 Å². The lowest BCUT2D eigenvalue weighted by atomic mass is 9.97. The van der Waals surface area contributed by atoms with E-state index < -0.39 is 4.92 Å². The highest BCUT2D eigenvalue weighted by Crippen LogP contribution is 2.35. The molecule has 5 rings (SSSR count). The summed E-state index contributed by atoms with van der Waals surface area (Å²) < 4.78 is 1.60. The minimum absolute atomic E-state index is 0.00645. The summed E-state index contributed by atoms with van der Waals surface area (Å²) in [6.07, 6.45) is 5.46. The number of nitro groups is 1. The lowest BCUT2D eigenvalue weighted by Gasteiger charge is -2.13. The Kier molecular flexibility index (Phi) is 7.15. The van der Waals surface area contributed by atoms with E-state index in [0.29, 0.717) is 21.8 Å². The van der Waals surface area contributed by atoms with Crippen LogP contribution in [0.25, 0.3) is 15.9 Å². The summed E-state index contributed by atoms with van der Waals surface area (Å²) in [7, 11) is 0. The van der Waals surface area contributed by atoms with E-state index in [9.17, 15) is 19.7 Å². The van der Waals surface area contributed by atoms with Gasteiger partial charge in [0.15, 0.2) is 5.16 Å². The normalized spacial score (nSPS) is 13.1. The Balaban J connectivity index is 1.38. The lowest BCUT2D eigenvalue weighted by molar-refractivity contribution is -0.384. The van der Waals surface area contributed by atoms with Crippen molar-refractivity contribution in [2.24, 2.45) is 5.10 Å². The second-order valence-corrected chi connectivity index (χ2v) is 10.7. The quantitative estimate of drug-likeness (QED) is 0.120. The third kappa shape index (κ3) is 5.32. The molecule has 0 saturated heterocycles. The highest BCUT2D eigenvalue weighted by Gasteiger charge is 2.23. The fourth-order valence-corrected chi connectivity index (χ4v) is 6.34. The molecule has 0 spiro atoms. The lowest BCUT2D eigenvalue weighted by Crippen LogP contribution is -2.24. The number of aryl methyl sites for hydroxylation is 3. The Morgan fingerprint density at radius 2 is 1.92 bits per heavy atom. The summed E-state index contributed by atoms with van der Waals surface area (Å²) in [6, 6.07) is 13.5. The molecule has 0 saturated carbocycles. The maximum Gasteiger partial charge on any atom is 0.269 e. The number of nitrogens with zero attached hydrogens (tertiary/aromatic N) is 4. The molecule has 9 nitrogen and oxygen atoms in total. The average Bonchev–Trinajstić information content (AvgIpc) is 3.27. The van der Waals surface area contributed by atoms with Gasteiger partial charge in [-0.25, -0.2) is 10.4 Å². The number of hydrogen-bond acceptors (Lipinski definition) is 8. The molecular formula is C26H23N5O4S2. The average molecular weight is 534 g/mol. The molecule has 0 radical (unpaired) electrons. The third-order valence-corrected chi connectivity index (χ3v) is 8.21. The number of nitro benzene ring substituents is 1. The summed E-state index contributed by atoms with van der Waals surface area (Å²) >= 11 is 2.76. The molecule has 2 aromatic heterocycles. The number of nitrogens with one attached hydrogen (secondary N) is 1. The molecule has 1 amide bonds. The first-order chi connectivity index (χ1) is 17.9. The van der Waals surface area contributed by atoms with Crippen molar-refractivity contribution in [2.45, 2.75) is 37.8 Å². The Labute approximate surface area is 220 Å². The molecule has 0 bridgehead atoms. The van der Waals surface area contributed by atoms with Gasteiger partial charge in [-0.15, -0.1) is 11.3 Å². The number of fused-ring (bicyclic) bond motifs is 3. The molecule has 2 heterocycles. The van der Waals surface area contributed by atoms with E-state index in [1.165, 1.54) is 35.0 Å². The molecule has 37 heavy (non-hydrogen) atoms. The van der Waals surface area contributed by atoms with Crippen molar-refractivity contribution >= 4 is 51.1 Å². The minimum atomic E-state index is -0.479. The van der Waals surface area contributed by atoms with Crippen LogP contribution in [-0.2, 0) is 17.6 Å². The monoisotopic (exact) mass is 533 g/mol. The molecule has 1 aliphatic carbocycles. The first-order valence-electron chi connectivity index (χ1n) is 11.7. The largest absolute Gasteiger partial charge is 0.272 e. The highest BCUT2D eigenvalue weighted by atomic mass is 32.2. The van der Waals surface area contributed by atoms with Crippen LogP contribution in [0.4, 0.5) is 5.69 Å². The predicted molar refractivity (Wildman–Crippen MR) is 146 cm³/mol. The first-order valence-corrected chi connectivity index (χ1v) is 13.5. The SMILES string of the molecule is Cc1ccc(-n2c(SCC(=O)NN=Cc3ccc([N+](=O)[O-])cc3)nc3sc4c(c3c2=O)CCCC4)cc1. The van der Waals surface area contributed by atoms with Crippen molar-refractivity contribution in [2.75, 3.05) is 5.75 Å². The number of carbonyl (C=O) groups excluding carboxylic acids is 1. The van der Waals surface area contributed by atoms with Crippen molar-refractivity contribution in [3.05, 3.63) is 90.6 Å². The predicted octanol–water partition coefficient (Wildman–Crippen LogP) is 4.79. The van der Waals surface area contributed by atoms with Crippen LogP contribution in [0.1, 0.15) is 34.4 Å². The van der Waals surface area contributed by atoms with Crippen molar-refractivity contribution < 1.29 is 9.72 Å². The molecule has 0 fully saturated rings. The number of thiophene rings is 1. The molecule has 4 aromatic rings. The number of hydrogen-bond donors (Lipinski definition) is 1. The zero-order valence-electron chi connectivity index (χ0n) is 20.0. The van der Waals surface area contributed by atoms with Gasteiger partial charge >= 0.3 is 0 Å². The number of non-ortho nitro benzene ring substituents is 1. The summed E-state index contributed by atoms with van der Waals surface area (Å²) in [5.41, 5.74) is 5.86. The summed E-state index contributed by atoms with van der Waals surface area (Å²) in [4.78, 5) is 43.3. The smallest absolute Gasteiger partial charge is 0.269 e. The minimum Gasteiger partial charge on any atom is -0.272 e. The van der Waals surface area contributed by atoms with E-state index in [0.717, 1.165) is 41.6 Å². The Morgan fingerprint density at radius 1 is 1.19 bits per heavy atom. The van der Waals surface area contributed by atoms with Gasteiger partial charge in [-0.05, 0) is 68.0 Å². The van der Waals surface area contributed by atoms with E-state index in [1.807, 2.05) is 31.2 Å². The number of carbonyl (C=O) groups is 1. The number of thioether (sulfide) groups is 1. The zero-order chi connectivity index (χ0) is 25.9. The van der Waals surface area contributed by atoms with Crippen molar-refractivity contribution in [3.8, 4) is 5.69 Å². The Hall–Kier alpha value is -3.83. The molecule has 0 unspecified atom stereocenters. The highest BCUT2D eigenvalue weighted by molar-refractivity contribution is 7.99. The summed E-state index contributed by atoms with van der Waals surface area (Å²) in [5, 5.41) is 15.9.